The third-order valence-electron chi connectivity index (χ3n) is 4.20. The lowest BCUT2D eigenvalue weighted by atomic mass is 10.1. The molecule has 2 rings (SSSR count). The molecule has 2 heterocycles. The number of nitrogens with one attached hydrogen (secondary N) is 1. The Morgan fingerprint density at radius 3 is 2.70 bits per heavy atom. The number of rotatable bonds is 13. The molecule has 0 saturated carbocycles. The van der Waals surface area contributed by atoms with E-state index in [1.807, 2.05) is 0 Å². The quantitative estimate of drug-likeness (QED) is 0.404. The summed E-state index contributed by atoms with van der Waals surface area (Å²) in [6, 6.07) is 0. The SMILES string of the molecule is CCCCCCCCCC(=O)OCCOCn1cnc2c(=O)[nH]c(N)nc21. The number of aromatic nitrogens is 4. The van der Waals surface area contributed by atoms with Gasteiger partial charge in [-0.25, -0.2) is 4.98 Å². The highest BCUT2D eigenvalue weighted by atomic mass is 16.6. The van der Waals surface area contributed by atoms with Crippen LogP contribution in [0.15, 0.2) is 11.1 Å². The van der Waals surface area contributed by atoms with Crippen molar-refractivity contribution in [3.05, 3.63) is 16.7 Å². The third kappa shape index (κ3) is 7.01. The van der Waals surface area contributed by atoms with E-state index in [4.69, 9.17) is 15.2 Å². The summed E-state index contributed by atoms with van der Waals surface area (Å²) in [7, 11) is 0. The number of imidazole rings is 1. The standard InChI is InChI=1S/C18H29N5O4/c1-2-3-4-5-6-7-8-9-14(24)27-11-10-26-13-23-12-20-15-16(23)21-18(19)22-17(15)25/h12H,2-11,13H2,1H3,(H3,19,21,22,25). The maximum atomic E-state index is 11.7. The van der Waals surface area contributed by atoms with Crippen LogP contribution in [-0.2, 0) is 21.0 Å². The molecule has 0 aliphatic rings. The number of nitrogens with zero attached hydrogens (tertiary/aromatic N) is 3. The summed E-state index contributed by atoms with van der Waals surface area (Å²) in [5, 5.41) is 0. The molecule has 2 aromatic heterocycles. The van der Waals surface area contributed by atoms with E-state index in [0.717, 1.165) is 12.8 Å². The number of H-pyrrole nitrogens is 1. The lowest BCUT2D eigenvalue weighted by molar-refractivity contribution is -0.145. The van der Waals surface area contributed by atoms with Crippen molar-refractivity contribution in [1.29, 1.82) is 0 Å². The average molecular weight is 379 g/mol. The maximum Gasteiger partial charge on any atom is 0.305 e. The van der Waals surface area contributed by atoms with E-state index in [2.05, 4.69) is 21.9 Å². The molecule has 0 bridgehead atoms. The van der Waals surface area contributed by atoms with Crippen LogP contribution in [0.5, 0.6) is 0 Å². The number of anilines is 1. The van der Waals surface area contributed by atoms with Crippen LogP contribution in [0, 0.1) is 0 Å². The fraction of sp³-hybridized carbons (Fsp3) is 0.667. The summed E-state index contributed by atoms with van der Waals surface area (Å²) in [4.78, 5) is 33.8. The van der Waals surface area contributed by atoms with Gasteiger partial charge < -0.3 is 15.2 Å². The molecule has 0 radical (unpaired) electrons. The number of hydrogen-bond donors (Lipinski definition) is 2. The van der Waals surface area contributed by atoms with Gasteiger partial charge >= 0.3 is 5.97 Å². The van der Waals surface area contributed by atoms with Crippen LogP contribution in [0.1, 0.15) is 58.3 Å². The van der Waals surface area contributed by atoms with E-state index in [-0.39, 0.29) is 37.4 Å². The minimum absolute atomic E-state index is 0.0218. The van der Waals surface area contributed by atoms with Gasteiger partial charge in [-0.2, -0.15) is 4.98 Å². The zero-order valence-electron chi connectivity index (χ0n) is 15.9. The molecule has 0 unspecified atom stereocenters. The van der Waals surface area contributed by atoms with Gasteiger partial charge in [-0.1, -0.05) is 45.4 Å². The molecule has 0 spiro atoms. The number of nitrogens with two attached hydrogens (primary N) is 1. The van der Waals surface area contributed by atoms with E-state index in [0.29, 0.717) is 12.1 Å². The first kappa shape index (κ1) is 20.9. The predicted molar refractivity (Wildman–Crippen MR) is 102 cm³/mol. The van der Waals surface area contributed by atoms with E-state index >= 15 is 0 Å². The Morgan fingerprint density at radius 2 is 1.93 bits per heavy atom. The van der Waals surface area contributed by atoms with Crippen LogP contribution in [0.4, 0.5) is 5.95 Å². The number of aromatic amines is 1. The molecular weight excluding hydrogens is 350 g/mol. The van der Waals surface area contributed by atoms with Crippen molar-refractivity contribution >= 4 is 23.1 Å². The largest absolute Gasteiger partial charge is 0.463 e. The van der Waals surface area contributed by atoms with Crippen molar-refractivity contribution in [2.45, 2.75) is 65.0 Å². The first-order valence-electron chi connectivity index (χ1n) is 9.55. The van der Waals surface area contributed by atoms with Crippen LogP contribution in [0.25, 0.3) is 11.2 Å². The molecule has 0 aliphatic heterocycles. The Morgan fingerprint density at radius 1 is 1.19 bits per heavy atom. The topological polar surface area (TPSA) is 125 Å². The minimum Gasteiger partial charge on any atom is -0.463 e. The number of unbranched alkanes of at least 4 members (excludes halogenated alkanes) is 6. The summed E-state index contributed by atoms with van der Waals surface area (Å²) >= 11 is 0. The van der Waals surface area contributed by atoms with Crippen LogP contribution >= 0.6 is 0 Å². The highest BCUT2D eigenvalue weighted by Gasteiger charge is 2.09. The molecule has 0 atom stereocenters. The molecule has 0 saturated heterocycles. The van der Waals surface area contributed by atoms with Gasteiger partial charge in [0.25, 0.3) is 5.56 Å². The zero-order valence-corrected chi connectivity index (χ0v) is 15.9. The lowest BCUT2D eigenvalue weighted by Crippen LogP contribution is -2.14. The summed E-state index contributed by atoms with van der Waals surface area (Å²) in [5.74, 6) is -0.172. The van der Waals surface area contributed by atoms with Gasteiger partial charge in [-0.05, 0) is 6.42 Å². The van der Waals surface area contributed by atoms with E-state index < -0.39 is 5.56 Å². The second-order valence-electron chi connectivity index (χ2n) is 6.47. The zero-order chi connectivity index (χ0) is 19.5. The van der Waals surface area contributed by atoms with Gasteiger partial charge in [0.1, 0.15) is 13.3 Å². The molecule has 2 aromatic rings. The monoisotopic (exact) mass is 379 g/mol. The predicted octanol–water partition coefficient (Wildman–Crippen LogP) is 2.36. The first-order valence-corrected chi connectivity index (χ1v) is 9.55. The van der Waals surface area contributed by atoms with Crippen LogP contribution in [0.2, 0.25) is 0 Å². The lowest BCUT2D eigenvalue weighted by Gasteiger charge is -2.07. The van der Waals surface area contributed by atoms with Crippen molar-refractivity contribution in [2.24, 2.45) is 0 Å². The number of nitrogen functional groups attached to an aromatic ring is 1. The summed E-state index contributed by atoms with van der Waals surface area (Å²) in [6.07, 6.45) is 10.1. The first-order chi connectivity index (χ1) is 13.1. The van der Waals surface area contributed by atoms with Gasteiger partial charge in [0, 0.05) is 6.42 Å². The summed E-state index contributed by atoms with van der Waals surface area (Å²) < 4.78 is 12.2. The Kier molecular flexibility index (Phi) is 8.76. The molecular formula is C18H29N5O4. The highest BCUT2D eigenvalue weighted by Crippen LogP contribution is 2.09. The number of fused-ring (bicyclic) bond motifs is 1. The molecule has 0 amide bonds. The van der Waals surface area contributed by atoms with Gasteiger partial charge in [-0.3, -0.25) is 19.1 Å². The van der Waals surface area contributed by atoms with Crippen LogP contribution < -0.4 is 11.3 Å². The van der Waals surface area contributed by atoms with E-state index in [9.17, 15) is 9.59 Å². The van der Waals surface area contributed by atoms with E-state index in [1.165, 1.54) is 38.4 Å². The second-order valence-corrected chi connectivity index (χ2v) is 6.47. The maximum absolute atomic E-state index is 11.7. The van der Waals surface area contributed by atoms with Crippen LogP contribution in [-0.4, -0.2) is 38.7 Å². The number of carbonyl (C=O) groups excluding carboxylic acids is 1. The molecule has 9 heteroatoms. The van der Waals surface area contributed by atoms with Crippen molar-refractivity contribution < 1.29 is 14.3 Å². The number of ether oxygens (including phenoxy) is 2. The van der Waals surface area contributed by atoms with Gasteiger partial charge in [0.05, 0.1) is 12.9 Å². The van der Waals surface area contributed by atoms with Crippen LogP contribution in [0.3, 0.4) is 0 Å². The van der Waals surface area contributed by atoms with Gasteiger partial charge in [-0.15, -0.1) is 0 Å². The van der Waals surface area contributed by atoms with Crippen molar-refractivity contribution in [3.8, 4) is 0 Å². The Bertz CT molecular complexity index is 771. The van der Waals surface area contributed by atoms with Gasteiger partial charge in [0.15, 0.2) is 11.2 Å². The van der Waals surface area contributed by atoms with Crippen molar-refractivity contribution in [3.63, 3.8) is 0 Å². The highest BCUT2D eigenvalue weighted by molar-refractivity contribution is 5.70. The van der Waals surface area contributed by atoms with Crippen molar-refractivity contribution in [1.82, 2.24) is 19.5 Å². The minimum atomic E-state index is -0.393. The summed E-state index contributed by atoms with van der Waals surface area (Å²) in [5.41, 5.74) is 5.70. The summed E-state index contributed by atoms with van der Waals surface area (Å²) in [6.45, 7) is 2.78. The number of esters is 1. The van der Waals surface area contributed by atoms with E-state index in [1.54, 1.807) is 4.57 Å². The molecule has 27 heavy (non-hydrogen) atoms. The Hall–Kier alpha value is -2.42. The normalized spacial score (nSPS) is 11.1. The Balaban J connectivity index is 1.57. The fourth-order valence-corrected chi connectivity index (χ4v) is 2.74. The van der Waals surface area contributed by atoms with Gasteiger partial charge in [0.2, 0.25) is 5.95 Å². The molecule has 9 nitrogen and oxygen atoms in total. The third-order valence-corrected chi connectivity index (χ3v) is 4.20. The molecule has 0 aromatic carbocycles. The Labute approximate surface area is 158 Å². The van der Waals surface area contributed by atoms with Crippen molar-refractivity contribution in [2.75, 3.05) is 18.9 Å². The fourth-order valence-electron chi connectivity index (χ4n) is 2.74. The molecule has 0 fully saturated rings. The smallest absolute Gasteiger partial charge is 0.305 e. The number of carbonyl (C=O) groups is 1. The molecule has 3 N–H and O–H groups in total. The average Bonchev–Trinajstić information content (AvgIpc) is 3.04. The molecule has 0 aliphatic carbocycles. The molecule has 150 valence electrons. The number of hydrogen-bond acceptors (Lipinski definition) is 7. The second kappa shape index (κ2) is 11.3.